The summed E-state index contributed by atoms with van der Waals surface area (Å²) in [4.78, 5) is 16.2. The molecule has 106 valence electrons. The molecular formula is C13H27N3O2. The third-order valence-corrected chi connectivity index (χ3v) is 3.26. The summed E-state index contributed by atoms with van der Waals surface area (Å²) < 4.78 is 5.03. The van der Waals surface area contributed by atoms with Gasteiger partial charge in [0.15, 0.2) is 0 Å². The molecule has 1 amide bonds. The summed E-state index contributed by atoms with van der Waals surface area (Å²) in [7, 11) is 3.77. The predicted octanol–water partition coefficient (Wildman–Crippen LogP) is 0.164. The summed E-state index contributed by atoms with van der Waals surface area (Å²) in [6.07, 6.45) is 0.929. The molecule has 1 atom stereocenters. The maximum Gasteiger partial charge on any atom is 0.239 e. The molecule has 1 aliphatic rings. The number of rotatable bonds is 8. The highest BCUT2D eigenvalue weighted by molar-refractivity contribution is 5.84. The van der Waals surface area contributed by atoms with E-state index in [2.05, 4.69) is 31.1 Å². The van der Waals surface area contributed by atoms with Crippen LogP contribution in [-0.2, 0) is 9.53 Å². The SMILES string of the molecule is COCCN(C)CCN1CCC(NC(C)C)C1=O. The Balaban J connectivity index is 2.25. The van der Waals surface area contributed by atoms with Crippen molar-refractivity contribution in [2.24, 2.45) is 0 Å². The van der Waals surface area contributed by atoms with Crippen LogP contribution in [0.25, 0.3) is 0 Å². The van der Waals surface area contributed by atoms with Crippen molar-refractivity contribution in [3.8, 4) is 0 Å². The predicted molar refractivity (Wildman–Crippen MR) is 72.6 cm³/mol. The minimum absolute atomic E-state index is 0.0225. The average Bonchev–Trinajstić information content (AvgIpc) is 2.65. The van der Waals surface area contributed by atoms with E-state index >= 15 is 0 Å². The van der Waals surface area contributed by atoms with Gasteiger partial charge in [0.1, 0.15) is 0 Å². The number of ether oxygens (including phenoxy) is 1. The van der Waals surface area contributed by atoms with Crippen LogP contribution in [0, 0.1) is 0 Å². The summed E-state index contributed by atoms with van der Waals surface area (Å²) in [5, 5.41) is 3.32. The smallest absolute Gasteiger partial charge is 0.239 e. The van der Waals surface area contributed by atoms with Gasteiger partial charge in [0.25, 0.3) is 0 Å². The highest BCUT2D eigenvalue weighted by atomic mass is 16.5. The number of amides is 1. The van der Waals surface area contributed by atoms with Gasteiger partial charge in [-0.1, -0.05) is 13.8 Å². The molecule has 1 N–H and O–H groups in total. The monoisotopic (exact) mass is 257 g/mol. The van der Waals surface area contributed by atoms with Gasteiger partial charge in [0.2, 0.25) is 5.91 Å². The highest BCUT2D eigenvalue weighted by Crippen LogP contribution is 2.11. The Kier molecular flexibility index (Phi) is 6.60. The number of nitrogens with zero attached hydrogens (tertiary/aromatic N) is 2. The summed E-state index contributed by atoms with van der Waals surface area (Å²) in [5.41, 5.74) is 0. The zero-order valence-electron chi connectivity index (χ0n) is 12.1. The molecule has 0 spiro atoms. The van der Waals surface area contributed by atoms with Gasteiger partial charge in [-0.05, 0) is 13.5 Å². The lowest BCUT2D eigenvalue weighted by Gasteiger charge is -2.22. The van der Waals surface area contributed by atoms with Gasteiger partial charge in [-0.25, -0.2) is 0 Å². The quantitative estimate of drug-likeness (QED) is 0.673. The standard InChI is InChI=1S/C13H27N3O2/c1-11(2)14-12-5-6-16(13(12)17)8-7-15(3)9-10-18-4/h11-12,14H,5-10H2,1-4H3. The Morgan fingerprint density at radius 2 is 2.22 bits per heavy atom. The molecule has 0 aromatic rings. The van der Waals surface area contributed by atoms with E-state index in [4.69, 9.17) is 4.74 Å². The molecule has 0 saturated carbocycles. The zero-order valence-corrected chi connectivity index (χ0v) is 12.1. The molecule has 1 unspecified atom stereocenters. The molecular weight excluding hydrogens is 230 g/mol. The number of hydrogen-bond acceptors (Lipinski definition) is 4. The van der Waals surface area contributed by atoms with E-state index < -0.39 is 0 Å². The molecule has 1 fully saturated rings. The fraction of sp³-hybridized carbons (Fsp3) is 0.923. The highest BCUT2D eigenvalue weighted by Gasteiger charge is 2.31. The Morgan fingerprint density at radius 1 is 1.50 bits per heavy atom. The molecule has 0 aliphatic carbocycles. The van der Waals surface area contributed by atoms with E-state index in [0.29, 0.717) is 6.04 Å². The Labute approximate surface area is 110 Å². The second kappa shape index (κ2) is 7.71. The molecule has 1 rings (SSSR count). The van der Waals surface area contributed by atoms with Crippen LogP contribution in [0.3, 0.4) is 0 Å². The van der Waals surface area contributed by atoms with Gasteiger partial charge in [0.05, 0.1) is 12.6 Å². The second-order valence-corrected chi connectivity index (χ2v) is 5.28. The lowest BCUT2D eigenvalue weighted by atomic mass is 10.2. The first-order valence-electron chi connectivity index (χ1n) is 6.77. The average molecular weight is 257 g/mol. The molecule has 1 aliphatic heterocycles. The van der Waals surface area contributed by atoms with Crippen LogP contribution in [0.1, 0.15) is 20.3 Å². The lowest BCUT2D eigenvalue weighted by molar-refractivity contribution is -0.129. The number of nitrogens with one attached hydrogen (secondary N) is 1. The Hall–Kier alpha value is -0.650. The summed E-state index contributed by atoms with van der Waals surface area (Å²) in [6.45, 7) is 8.40. The number of likely N-dealkylation sites (tertiary alicyclic amines) is 1. The minimum Gasteiger partial charge on any atom is -0.383 e. The number of methoxy groups -OCH3 is 1. The molecule has 1 saturated heterocycles. The van der Waals surface area contributed by atoms with Gasteiger partial charge in [-0.3, -0.25) is 4.79 Å². The van der Waals surface area contributed by atoms with Crippen molar-refractivity contribution in [1.29, 1.82) is 0 Å². The molecule has 1 heterocycles. The van der Waals surface area contributed by atoms with Crippen LogP contribution in [0.4, 0.5) is 0 Å². The van der Waals surface area contributed by atoms with Crippen LogP contribution in [0.5, 0.6) is 0 Å². The van der Waals surface area contributed by atoms with E-state index in [-0.39, 0.29) is 11.9 Å². The van der Waals surface area contributed by atoms with Crippen molar-refractivity contribution >= 4 is 5.91 Å². The minimum atomic E-state index is 0.0225. The van der Waals surface area contributed by atoms with Crippen molar-refractivity contribution in [2.75, 3.05) is 46.9 Å². The fourth-order valence-electron chi connectivity index (χ4n) is 2.17. The third-order valence-electron chi connectivity index (χ3n) is 3.26. The fourth-order valence-corrected chi connectivity index (χ4v) is 2.17. The van der Waals surface area contributed by atoms with E-state index in [1.54, 1.807) is 7.11 Å². The topological polar surface area (TPSA) is 44.8 Å². The second-order valence-electron chi connectivity index (χ2n) is 5.28. The van der Waals surface area contributed by atoms with Crippen LogP contribution >= 0.6 is 0 Å². The first kappa shape index (κ1) is 15.4. The van der Waals surface area contributed by atoms with Crippen LogP contribution in [-0.4, -0.2) is 74.7 Å². The maximum atomic E-state index is 12.1. The number of carbonyl (C=O) groups excluding carboxylic acids is 1. The van der Waals surface area contributed by atoms with E-state index in [0.717, 1.165) is 39.2 Å². The first-order chi connectivity index (χ1) is 8.54. The Bertz CT molecular complexity index is 259. The molecule has 0 bridgehead atoms. The normalized spacial score (nSPS) is 20.4. The number of hydrogen-bond donors (Lipinski definition) is 1. The maximum absolute atomic E-state index is 12.1. The van der Waals surface area contributed by atoms with Crippen LogP contribution in [0.2, 0.25) is 0 Å². The van der Waals surface area contributed by atoms with E-state index in [9.17, 15) is 4.79 Å². The van der Waals surface area contributed by atoms with E-state index in [1.165, 1.54) is 0 Å². The van der Waals surface area contributed by atoms with Crippen molar-refractivity contribution in [3.05, 3.63) is 0 Å². The Morgan fingerprint density at radius 3 is 2.83 bits per heavy atom. The van der Waals surface area contributed by atoms with Crippen LogP contribution < -0.4 is 5.32 Å². The number of carbonyl (C=O) groups is 1. The molecule has 5 nitrogen and oxygen atoms in total. The van der Waals surface area contributed by atoms with Gasteiger partial charge >= 0.3 is 0 Å². The van der Waals surface area contributed by atoms with Crippen molar-refractivity contribution in [2.45, 2.75) is 32.4 Å². The molecule has 0 aromatic heterocycles. The van der Waals surface area contributed by atoms with Gasteiger partial charge < -0.3 is 19.9 Å². The summed E-state index contributed by atoms with van der Waals surface area (Å²) in [5.74, 6) is 0.254. The molecule has 0 aromatic carbocycles. The lowest BCUT2D eigenvalue weighted by Crippen LogP contribution is -2.43. The largest absolute Gasteiger partial charge is 0.383 e. The first-order valence-corrected chi connectivity index (χ1v) is 6.77. The molecule has 18 heavy (non-hydrogen) atoms. The van der Waals surface area contributed by atoms with Crippen molar-refractivity contribution in [1.82, 2.24) is 15.1 Å². The zero-order chi connectivity index (χ0) is 13.5. The van der Waals surface area contributed by atoms with E-state index in [1.807, 2.05) is 4.90 Å². The van der Waals surface area contributed by atoms with Gasteiger partial charge in [-0.15, -0.1) is 0 Å². The third kappa shape index (κ3) is 4.92. The van der Waals surface area contributed by atoms with Crippen LogP contribution in [0.15, 0.2) is 0 Å². The van der Waals surface area contributed by atoms with Crippen molar-refractivity contribution < 1.29 is 9.53 Å². The van der Waals surface area contributed by atoms with Crippen molar-refractivity contribution in [3.63, 3.8) is 0 Å². The molecule has 0 radical (unpaired) electrons. The van der Waals surface area contributed by atoms with Gasteiger partial charge in [-0.2, -0.15) is 0 Å². The summed E-state index contributed by atoms with van der Waals surface area (Å²) in [6, 6.07) is 0.387. The number of likely N-dealkylation sites (N-methyl/N-ethyl adjacent to an activating group) is 1. The molecule has 5 heteroatoms. The summed E-state index contributed by atoms with van der Waals surface area (Å²) >= 11 is 0. The van der Waals surface area contributed by atoms with Gasteiger partial charge in [0, 0.05) is 39.3 Å².